The fraction of sp³-hybridized carbons (Fsp3) is 0.538. The molecule has 0 aromatic heterocycles. The number of fused-ring (bicyclic) bond motifs is 1. The van der Waals surface area contributed by atoms with Crippen molar-refractivity contribution in [3.8, 4) is 0 Å². The summed E-state index contributed by atoms with van der Waals surface area (Å²) in [4.78, 5) is 0. The van der Waals surface area contributed by atoms with Gasteiger partial charge < -0.3 is 0 Å². The summed E-state index contributed by atoms with van der Waals surface area (Å²) >= 11 is 0. The highest BCUT2D eigenvalue weighted by molar-refractivity contribution is 5.39. The number of nitrogens with two attached hydrogens (primary N) is 1. The fourth-order valence-electron chi connectivity index (χ4n) is 2.52. The van der Waals surface area contributed by atoms with E-state index in [0.717, 1.165) is 6.42 Å². The lowest BCUT2D eigenvalue weighted by molar-refractivity contribution is -0.136. The van der Waals surface area contributed by atoms with E-state index in [2.05, 4.69) is 11.5 Å². The van der Waals surface area contributed by atoms with Gasteiger partial charge >= 0.3 is 6.18 Å². The Morgan fingerprint density at radius 3 is 2.67 bits per heavy atom. The molecule has 0 amide bonds. The van der Waals surface area contributed by atoms with Crippen LogP contribution in [0.25, 0.3) is 0 Å². The molecule has 0 bridgehead atoms. The normalized spacial score (nSPS) is 20.1. The van der Waals surface area contributed by atoms with E-state index in [0.29, 0.717) is 12.3 Å². The Morgan fingerprint density at radius 1 is 1.33 bits per heavy atom. The van der Waals surface area contributed by atoms with Crippen LogP contribution >= 0.6 is 0 Å². The van der Waals surface area contributed by atoms with Gasteiger partial charge in [0.15, 0.2) is 0 Å². The third-order valence-corrected chi connectivity index (χ3v) is 3.54. The van der Waals surface area contributed by atoms with Crippen LogP contribution in [0.15, 0.2) is 24.3 Å². The van der Waals surface area contributed by atoms with Crippen LogP contribution in [0.3, 0.4) is 0 Å². The van der Waals surface area contributed by atoms with Crippen LogP contribution in [0, 0.1) is 0 Å². The van der Waals surface area contributed by atoms with Gasteiger partial charge in [-0.1, -0.05) is 24.3 Å². The van der Waals surface area contributed by atoms with Gasteiger partial charge in [0, 0.05) is 12.5 Å². The number of benzene rings is 1. The van der Waals surface area contributed by atoms with E-state index in [1.807, 2.05) is 18.2 Å². The van der Waals surface area contributed by atoms with Crippen LogP contribution < -0.4 is 11.3 Å². The summed E-state index contributed by atoms with van der Waals surface area (Å²) in [6, 6.07) is 7.78. The zero-order chi connectivity index (χ0) is 13.2. The van der Waals surface area contributed by atoms with Gasteiger partial charge in [-0.2, -0.15) is 13.2 Å². The Bertz CT molecular complexity index is 403. The molecule has 18 heavy (non-hydrogen) atoms. The number of halogens is 3. The Balaban J connectivity index is 1.86. The summed E-state index contributed by atoms with van der Waals surface area (Å²) in [6.45, 7) is 0. The molecular weight excluding hydrogens is 241 g/mol. The summed E-state index contributed by atoms with van der Waals surface area (Å²) in [6.07, 6.45) is -3.23. The van der Waals surface area contributed by atoms with E-state index in [1.54, 1.807) is 0 Å². The van der Waals surface area contributed by atoms with Crippen LogP contribution in [-0.4, -0.2) is 12.2 Å². The van der Waals surface area contributed by atoms with Crippen LogP contribution in [0.5, 0.6) is 0 Å². The standard InChI is InChI=1S/C13H17F3N2/c14-13(15,16)6-5-11(18-17)8-10-7-9-3-1-2-4-12(9)10/h1-4,10-11,18H,5-8,17H2. The Labute approximate surface area is 104 Å². The Hall–Kier alpha value is -1.07. The van der Waals surface area contributed by atoms with E-state index >= 15 is 0 Å². The zero-order valence-electron chi connectivity index (χ0n) is 10.0. The number of rotatable bonds is 5. The first-order valence-electron chi connectivity index (χ1n) is 6.10. The topological polar surface area (TPSA) is 38.0 Å². The highest BCUT2D eigenvalue weighted by Crippen LogP contribution is 2.38. The number of hydrogen-bond donors (Lipinski definition) is 2. The lowest BCUT2D eigenvalue weighted by Gasteiger charge is -2.33. The molecule has 1 aliphatic rings. The van der Waals surface area contributed by atoms with E-state index in [1.165, 1.54) is 11.1 Å². The van der Waals surface area contributed by atoms with Crippen molar-refractivity contribution in [1.82, 2.24) is 5.43 Å². The first-order chi connectivity index (χ1) is 8.49. The molecule has 0 fully saturated rings. The minimum atomic E-state index is -4.10. The highest BCUT2D eigenvalue weighted by atomic mass is 19.4. The van der Waals surface area contributed by atoms with Gasteiger partial charge in [0.1, 0.15) is 0 Å². The fourth-order valence-corrected chi connectivity index (χ4v) is 2.52. The summed E-state index contributed by atoms with van der Waals surface area (Å²) < 4.78 is 36.5. The third kappa shape index (κ3) is 3.23. The molecule has 0 saturated carbocycles. The van der Waals surface area contributed by atoms with Crippen molar-refractivity contribution >= 4 is 0 Å². The van der Waals surface area contributed by atoms with Crippen molar-refractivity contribution in [2.45, 2.75) is 43.8 Å². The maximum absolute atomic E-state index is 12.2. The van der Waals surface area contributed by atoms with E-state index in [9.17, 15) is 13.2 Å². The largest absolute Gasteiger partial charge is 0.389 e. The average molecular weight is 258 g/mol. The maximum atomic E-state index is 12.2. The monoisotopic (exact) mass is 258 g/mol. The van der Waals surface area contributed by atoms with Crippen molar-refractivity contribution < 1.29 is 13.2 Å². The minimum Gasteiger partial charge on any atom is -0.271 e. The predicted molar refractivity (Wildman–Crippen MR) is 63.9 cm³/mol. The highest BCUT2D eigenvalue weighted by Gasteiger charge is 2.31. The molecule has 0 spiro atoms. The molecule has 2 unspecified atom stereocenters. The molecule has 1 aromatic carbocycles. The van der Waals surface area contributed by atoms with Gasteiger partial charge in [-0.3, -0.25) is 11.3 Å². The van der Waals surface area contributed by atoms with Crippen LogP contribution in [0.1, 0.15) is 36.3 Å². The Morgan fingerprint density at radius 2 is 2.06 bits per heavy atom. The molecule has 2 atom stereocenters. The summed E-state index contributed by atoms with van der Waals surface area (Å²) in [5, 5.41) is 0. The number of alkyl halides is 3. The third-order valence-electron chi connectivity index (χ3n) is 3.54. The molecule has 0 aliphatic heterocycles. The van der Waals surface area contributed by atoms with Crippen molar-refractivity contribution in [3.05, 3.63) is 35.4 Å². The zero-order valence-corrected chi connectivity index (χ0v) is 10.0. The van der Waals surface area contributed by atoms with Crippen molar-refractivity contribution in [1.29, 1.82) is 0 Å². The SMILES string of the molecule is NNC(CCC(F)(F)F)CC1Cc2ccccc21. The second-order valence-electron chi connectivity index (χ2n) is 4.85. The number of hydrogen-bond acceptors (Lipinski definition) is 2. The van der Waals surface area contributed by atoms with Crippen LogP contribution in [0.4, 0.5) is 13.2 Å². The second kappa shape index (κ2) is 5.28. The molecule has 1 aromatic rings. The van der Waals surface area contributed by atoms with Crippen molar-refractivity contribution in [3.63, 3.8) is 0 Å². The van der Waals surface area contributed by atoms with Crippen molar-refractivity contribution in [2.24, 2.45) is 5.84 Å². The lowest BCUT2D eigenvalue weighted by Crippen LogP contribution is -2.38. The minimum absolute atomic E-state index is 0.0403. The van der Waals surface area contributed by atoms with Gasteiger partial charge in [0.2, 0.25) is 0 Å². The predicted octanol–water partition coefficient (Wildman–Crippen LogP) is 2.89. The van der Waals surface area contributed by atoms with Crippen LogP contribution in [0.2, 0.25) is 0 Å². The van der Waals surface area contributed by atoms with Crippen molar-refractivity contribution in [2.75, 3.05) is 0 Å². The summed E-state index contributed by atoms with van der Waals surface area (Å²) in [5.41, 5.74) is 5.06. The molecular formula is C13H17F3N2. The maximum Gasteiger partial charge on any atom is 0.389 e. The molecule has 0 saturated heterocycles. The van der Waals surface area contributed by atoms with Gasteiger partial charge in [-0.05, 0) is 36.3 Å². The molecule has 100 valence electrons. The van der Waals surface area contributed by atoms with Gasteiger partial charge in [0.25, 0.3) is 0 Å². The Kier molecular flexibility index (Phi) is 3.92. The van der Waals surface area contributed by atoms with E-state index in [-0.39, 0.29) is 12.5 Å². The quantitative estimate of drug-likeness (QED) is 0.629. The molecule has 2 nitrogen and oxygen atoms in total. The molecule has 0 heterocycles. The lowest BCUT2D eigenvalue weighted by atomic mass is 9.74. The second-order valence-corrected chi connectivity index (χ2v) is 4.85. The first kappa shape index (κ1) is 13.4. The van der Waals surface area contributed by atoms with E-state index < -0.39 is 12.6 Å². The van der Waals surface area contributed by atoms with E-state index in [4.69, 9.17) is 5.84 Å². The number of nitrogens with one attached hydrogen (secondary N) is 1. The molecule has 3 N–H and O–H groups in total. The summed E-state index contributed by atoms with van der Waals surface area (Å²) in [5.74, 6) is 5.67. The first-order valence-corrected chi connectivity index (χ1v) is 6.10. The number of hydrazine groups is 1. The van der Waals surface area contributed by atoms with Crippen LogP contribution in [-0.2, 0) is 6.42 Å². The molecule has 0 radical (unpaired) electrons. The smallest absolute Gasteiger partial charge is 0.271 e. The average Bonchev–Trinajstić information content (AvgIpc) is 2.28. The van der Waals surface area contributed by atoms with Gasteiger partial charge in [-0.25, -0.2) is 0 Å². The molecule has 1 aliphatic carbocycles. The van der Waals surface area contributed by atoms with Gasteiger partial charge in [0.05, 0.1) is 0 Å². The van der Waals surface area contributed by atoms with Gasteiger partial charge in [-0.15, -0.1) is 0 Å². The molecule has 5 heteroatoms. The molecule has 2 rings (SSSR count). The summed E-state index contributed by atoms with van der Waals surface area (Å²) in [7, 11) is 0.